The van der Waals surface area contributed by atoms with Crippen LogP contribution >= 0.6 is 47.0 Å². The SMILES string of the molecule is FC(F)(F)CC(Cl)(Cl)C(=S)Cl. The van der Waals surface area contributed by atoms with Crippen molar-refractivity contribution in [1.82, 2.24) is 0 Å². The highest BCUT2D eigenvalue weighted by Crippen LogP contribution is 2.37. The molecule has 11 heavy (non-hydrogen) atoms. The fourth-order valence-electron chi connectivity index (χ4n) is 0.321. The summed E-state index contributed by atoms with van der Waals surface area (Å²) in [5.74, 6) is 0. The van der Waals surface area contributed by atoms with E-state index < -0.39 is 21.3 Å². The third kappa shape index (κ3) is 5.06. The number of rotatable bonds is 2. The molecule has 0 aromatic carbocycles. The molecule has 0 N–H and O–H groups in total. The van der Waals surface area contributed by atoms with Crippen molar-refractivity contribution in [1.29, 1.82) is 0 Å². The highest BCUT2D eigenvalue weighted by atomic mass is 35.5. The van der Waals surface area contributed by atoms with Crippen LogP contribution in [-0.4, -0.2) is 14.8 Å². The van der Waals surface area contributed by atoms with E-state index in [1.807, 2.05) is 0 Å². The van der Waals surface area contributed by atoms with Gasteiger partial charge in [-0.1, -0.05) is 47.0 Å². The van der Waals surface area contributed by atoms with Crippen molar-refractivity contribution < 1.29 is 13.2 Å². The summed E-state index contributed by atoms with van der Waals surface area (Å²) in [6, 6.07) is 0. The van der Waals surface area contributed by atoms with Crippen LogP contribution in [0.1, 0.15) is 6.42 Å². The first-order chi connectivity index (χ1) is 4.65. The third-order valence-corrected chi connectivity index (χ3v) is 2.44. The van der Waals surface area contributed by atoms with E-state index in [9.17, 15) is 13.2 Å². The molecule has 0 heterocycles. The van der Waals surface area contributed by atoms with Crippen LogP contribution in [0, 0.1) is 0 Å². The summed E-state index contributed by atoms with van der Waals surface area (Å²) >= 11 is 19.5. The van der Waals surface area contributed by atoms with Gasteiger partial charge in [0.25, 0.3) is 0 Å². The van der Waals surface area contributed by atoms with Gasteiger partial charge in [-0.3, -0.25) is 0 Å². The summed E-state index contributed by atoms with van der Waals surface area (Å²) in [7, 11) is 0. The van der Waals surface area contributed by atoms with E-state index in [1.165, 1.54) is 0 Å². The molecule has 0 aliphatic carbocycles. The summed E-state index contributed by atoms with van der Waals surface area (Å²) in [5, 5.41) is 0. The average molecular weight is 245 g/mol. The molecular formula is C4H2Cl3F3S. The van der Waals surface area contributed by atoms with E-state index in [-0.39, 0.29) is 0 Å². The van der Waals surface area contributed by atoms with Crippen molar-refractivity contribution in [2.24, 2.45) is 0 Å². The molecule has 0 aromatic rings. The number of halogens is 6. The lowest BCUT2D eigenvalue weighted by atomic mass is 10.3. The summed E-state index contributed by atoms with van der Waals surface area (Å²) in [6.07, 6.45) is -5.91. The summed E-state index contributed by atoms with van der Waals surface area (Å²) < 4.78 is 32.1. The number of hydrogen-bond donors (Lipinski definition) is 0. The van der Waals surface area contributed by atoms with Gasteiger partial charge in [-0.05, 0) is 0 Å². The Labute approximate surface area is 81.6 Å². The summed E-state index contributed by atoms with van der Waals surface area (Å²) in [6.45, 7) is 0. The second-order valence-corrected chi connectivity index (χ2v) is 4.26. The first-order valence-corrected chi connectivity index (χ1v) is 3.84. The van der Waals surface area contributed by atoms with Gasteiger partial charge < -0.3 is 0 Å². The summed E-state index contributed by atoms with van der Waals surface area (Å²) in [5.41, 5.74) is 0. The molecule has 0 bridgehead atoms. The van der Waals surface area contributed by atoms with Gasteiger partial charge in [0.05, 0.1) is 6.42 Å². The van der Waals surface area contributed by atoms with Gasteiger partial charge in [0.2, 0.25) is 0 Å². The van der Waals surface area contributed by atoms with Crippen LogP contribution in [0.5, 0.6) is 0 Å². The molecule has 0 nitrogen and oxygen atoms in total. The van der Waals surface area contributed by atoms with E-state index in [0.717, 1.165) is 0 Å². The Morgan fingerprint density at radius 3 is 1.73 bits per heavy atom. The van der Waals surface area contributed by atoms with Crippen molar-refractivity contribution in [2.75, 3.05) is 0 Å². The van der Waals surface area contributed by atoms with Crippen molar-refractivity contribution in [2.45, 2.75) is 16.9 Å². The van der Waals surface area contributed by atoms with Gasteiger partial charge in [-0.25, -0.2) is 0 Å². The Morgan fingerprint density at radius 2 is 1.64 bits per heavy atom. The van der Waals surface area contributed by atoms with Crippen molar-refractivity contribution in [3.63, 3.8) is 0 Å². The molecule has 0 aliphatic rings. The van der Waals surface area contributed by atoms with Gasteiger partial charge in [-0.15, -0.1) is 0 Å². The van der Waals surface area contributed by atoms with E-state index in [1.54, 1.807) is 0 Å². The van der Waals surface area contributed by atoms with E-state index in [2.05, 4.69) is 12.2 Å². The maximum atomic E-state index is 11.6. The maximum absolute atomic E-state index is 11.6. The van der Waals surface area contributed by atoms with Crippen LogP contribution < -0.4 is 0 Å². The van der Waals surface area contributed by atoms with E-state index >= 15 is 0 Å². The fourth-order valence-corrected chi connectivity index (χ4v) is 0.763. The van der Waals surface area contributed by atoms with Crippen molar-refractivity contribution in [3.05, 3.63) is 0 Å². The van der Waals surface area contributed by atoms with Gasteiger partial charge >= 0.3 is 6.18 Å². The lowest BCUT2D eigenvalue weighted by molar-refractivity contribution is -0.133. The molecule has 0 saturated heterocycles. The number of alkyl halides is 5. The molecule has 0 unspecified atom stereocenters. The molecular weight excluding hydrogens is 243 g/mol. The normalized spacial score (nSPS) is 13.3. The minimum atomic E-state index is -4.47. The second-order valence-electron chi connectivity index (χ2n) is 1.77. The topological polar surface area (TPSA) is 0 Å². The van der Waals surface area contributed by atoms with Crippen LogP contribution in [-0.2, 0) is 0 Å². The lowest BCUT2D eigenvalue weighted by Crippen LogP contribution is -2.27. The monoisotopic (exact) mass is 244 g/mol. The number of hydrogen-bond acceptors (Lipinski definition) is 1. The molecule has 0 saturated carbocycles. The molecule has 0 aromatic heterocycles. The molecule has 0 fully saturated rings. The van der Waals surface area contributed by atoms with Gasteiger partial charge in [-0.2, -0.15) is 13.2 Å². The second kappa shape index (κ2) is 3.64. The predicted octanol–water partition coefficient (Wildman–Crippen LogP) is 3.68. The van der Waals surface area contributed by atoms with Gasteiger partial charge in [0, 0.05) is 0 Å². The average Bonchev–Trinajstić information content (AvgIpc) is 1.56. The van der Waals surface area contributed by atoms with Gasteiger partial charge in [0.15, 0.2) is 4.33 Å². The van der Waals surface area contributed by atoms with Crippen LogP contribution in [0.3, 0.4) is 0 Å². The minimum Gasteiger partial charge on any atom is -0.171 e. The summed E-state index contributed by atoms with van der Waals surface area (Å²) in [4.78, 5) is 0. The first-order valence-electron chi connectivity index (χ1n) is 2.30. The fraction of sp³-hybridized carbons (Fsp3) is 0.750. The van der Waals surface area contributed by atoms with E-state index in [4.69, 9.17) is 34.8 Å². The smallest absolute Gasteiger partial charge is 0.171 e. The largest absolute Gasteiger partial charge is 0.392 e. The van der Waals surface area contributed by atoms with Gasteiger partial charge in [0.1, 0.15) is 4.32 Å². The molecule has 0 atom stereocenters. The lowest BCUT2D eigenvalue weighted by Gasteiger charge is -2.17. The van der Waals surface area contributed by atoms with E-state index in [0.29, 0.717) is 0 Å². The zero-order valence-corrected chi connectivity index (χ0v) is 7.97. The standard InChI is InChI=1S/C4H2Cl3F3S/c5-2(11)3(6,7)1-4(8,9)10/h1H2. The Kier molecular flexibility index (Phi) is 3.89. The third-order valence-electron chi connectivity index (χ3n) is 0.710. The van der Waals surface area contributed by atoms with Crippen molar-refractivity contribution in [3.8, 4) is 0 Å². The van der Waals surface area contributed by atoms with Crippen LogP contribution in [0.25, 0.3) is 0 Å². The molecule has 0 rings (SSSR count). The van der Waals surface area contributed by atoms with Crippen molar-refractivity contribution >= 4 is 51.3 Å². The molecule has 0 radical (unpaired) electrons. The molecule has 0 amide bonds. The Bertz CT molecular complexity index is 164. The molecule has 66 valence electrons. The Balaban J connectivity index is 4.25. The van der Waals surface area contributed by atoms with Crippen LogP contribution in [0.15, 0.2) is 0 Å². The predicted molar refractivity (Wildman–Crippen MR) is 43.6 cm³/mol. The molecule has 0 spiro atoms. The first kappa shape index (κ1) is 11.8. The zero-order chi connectivity index (χ0) is 9.28. The zero-order valence-electron chi connectivity index (χ0n) is 4.88. The Hall–Kier alpha value is 0.750. The Morgan fingerprint density at radius 1 is 1.27 bits per heavy atom. The minimum absolute atomic E-state index is 0.599. The number of thiocarbonyl (C=S) groups is 1. The van der Waals surface area contributed by atoms with Crippen LogP contribution in [0.2, 0.25) is 0 Å². The maximum Gasteiger partial charge on any atom is 0.392 e. The highest BCUT2D eigenvalue weighted by molar-refractivity contribution is 7.83. The molecule has 0 aliphatic heterocycles. The highest BCUT2D eigenvalue weighted by Gasteiger charge is 2.42. The van der Waals surface area contributed by atoms with Crippen LogP contribution in [0.4, 0.5) is 13.2 Å². The quantitative estimate of drug-likeness (QED) is 0.406. The molecule has 7 heteroatoms.